The van der Waals surface area contributed by atoms with Crippen LogP contribution in [0.4, 0.5) is 0 Å². The van der Waals surface area contributed by atoms with Crippen molar-refractivity contribution >= 4 is 51.4 Å². The van der Waals surface area contributed by atoms with E-state index < -0.39 is 5.76 Å². The largest absolute Gasteiger partial charge is 0.493 e. The van der Waals surface area contributed by atoms with Crippen LogP contribution in [0, 0.1) is 0 Å². The van der Waals surface area contributed by atoms with Crippen LogP contribution in [-0.2, 0) is 25.7 Å². The van der Waals surface area contributed by atoms with E-state index in [9.17, 15) is 9.59 Å². The van der Waals surface area contributed by atoms with Gasteiger partial charge in [-0.2, -0.15) is 0 Å². The van der Waals surface area contributed by atoms with E-state index >= 15 is 0 Å². The van der Waals surface area contributed by atoms with Crippen molar-refractivity contribution in [2.45, 2.75) is 46.0 Å². The molecule has 0 bridgehead atoms. The van der Waals surface area contributed by atoms with Gasteiger partial charge in [0.1, 0.15) is 11.6 Å². The summed E-state index contributed by atoms with van der Waals surface area (Å²) in [5, 5.41) is 3.85. The molecule has 0 atom stereocenters. The quantitative estimate of drug-likeness (QED) is 0.265. The van der Waals surface area contributed by atoms with E-state index in [-0.39, 0.29) is 56.9 Å². The topological polar surface area (TPSA) is 103 Å². The first-order chi connectivity index (χ1) is 19.6. The second-order valence-electron chi connectivity index (χ2n) is 9.95. The zero-order valence-corrected chi connectivity index (χ0v) is 26.7. The fourth-order valence-electron chi connectivity index (χ4n) is 5.38. The van der Waals surface area contributed by atoms with Gasteiger partial charge in [-0.3, -0.25) is 18.9 Å². The maximum absolute atomic E-state index is 14.1. The molecule has 2 aromatic heterocycles. The molecule has 8 nitrogen and oxygen atoms in total. The minimum atomic E-state index is -0.593. The molecule has 0 fully saturated rings. The Morgan fingerprint density at radius 3 is 2.46 bits per heavy atom. The first-order valence-corrected chi connectivity index (χ1v) is 13.7. The number of hydrogen-bond acceptors (Lipinski definition) is 6. The zero-order chi connectivity index (χ0) is 27.6. The van der Waals surface area contributed by atoms with Crippen LogP contribution in [0.5, 0.6) is 5.75 Å². The summed E-state index contributed by atoms with van der Waals surface area (Å²) in [6, 6.07) is 21.8. The molecule has 0 unspecified atom stereocenters. The molecule has 1 aliphatic heterocycles. The molecule has 5 aromatic rings. The predicted octanol–water partition coefficient (Wildman–Crippen LogP) is 4.90. The van der Waals surface area contributed by atoms with Crippen LogP contribution >= 0.6 is 0 Å². The molecule has 0 saturated carbocycles. The van der Waals surface area contributed by atoms with Gasteiger partial charge in [0.05, 0.1) is 18.0 Å². The van der Waals surface area contributed by atoms with Gasteiger partial charge in [0.2, 0.25) is 0 Å². The Labute approximate surface area is 280 Å². The van der Waals surface area contributed by atoms with Crippen LogP contribution < -0.4 is 16.1 Å². The maximum Gasteiger partial charge on any atom is 0.439 e. The van der Waals surface area contributed by atoms with Gasteiger partial charge < -0.3 is 4.74 Å². The fourth-order valence-corrected chi connectivity index (χ4v) is 5.38. The monoisotopic (exact) mass is 573 g/mol. The molecule has 1 aliphatic rings. The van der Waals surface area contributed by atoms with Crippen molar-refractivity contribution in [1.82, 2.24) is 19.7 Å². The molecule has 9 heteroatoms. The average molecular weight is 574 g/mol. The van der Waals surface area contributed by atoms with Crippen molar-refractivity contribution in [3.05, 3.63) is 116 Å². The number of ether oxygens (including phenoxy) is 1. The van der Waals surface area contributed by atoms with Crippen molar-refractivity contribution in [3.8, 4) is 34.0 Å². The van der Waals surface area contributed by atoms with Gasteiger partial charge in [0, 0.05) is 81.8 Å². The first kappa shape index (κ1) is 29.4. The van der Waals surface area contributed by atoms with Crippen LogP contribution in [0.25, 0.3) is 28.2 Å². The van der Waals surface area contributed by atoms with Gasteiger partial charge >= 0.3 is 5.76 Å². The van der Waals surface area contributed by atoms with Gasteiger partial charge in [-0.15, -0.1) is 0 Å². The molecule has 0 amide bonds. The van der Waals surface area contributed by atoms with E-state index in [0.717, 1.165) is 75.6 Å². The van der Waals surface area contributed by atoms with Crippen LogP contribution in [0.15, 0.2) is 80.8 Å². The maximum atomic E-state index is 14.1. The molecule has 0 saturated heterocycles. The summed E-state index contributed by atoms with van der Waals surface area (Å²) in [6.07, 6.45) is 3.64. The summed E-state index contributed by atoms with van der Waals surface area (Å²) >= 11 is 0. The van der Waals surface area contributed by atoms with Crippen molar-refractivity contribution in [2.75, 3.05) is 6.61 Å². The van der Waals surface area contributed by atoms with Crippen LogP contribution in [0.2, 0.25) is 0 Å². The Kier molecular flexibility index (Phi) is 9.21. The predicted molar refractivity (Wildman–Crippen MR) is 159 cm³/mol. The van der Waals surface area contributed by atoms with E-state index in [1.165, 1.54) is 0 Å². The first-order valence-electron chi connectivity index (χ1n) is 13.7. The van der Waals surface area contributed by atoms with E-state index in [0.29, 0.717) is 25.3 Å². The van der Waals surface area contributed by atoms with Gasteiger partial charge in [-0.05, 0) is 46.9 Å². The number of nitrogens with zero attached hydrogens (tertiary/aromatic N) is 3. The molecule has 41 heavy (non-hydrogen) atoms. The smallest absolute Gasteiger partial charge is 0.439 e. The SMILES string of the molecule is CCCc1nc(CC)n(-c2ccc3c(c2)CCO3)c(=O)c1Cc1ccc(-c2ccccc2-c2noc(=O)[nH]2)cc1.[K]. The molecule has 3 aromatic carbocycles. The molecular weight excluding hydrogens is 543 g/mol. The normalized spacial score (nSPS) is 12.0. The summed E-state index contributed by atoms with van der Waals surface area (Å²) in [4.78, 5) is 33.2. The zero-order valence-electron chi connectivity index (χ0n) is 23.6. The third-order valence-electron chi connectivity index (χ3n) is 7.33. The number of rotatable bonds is 8. The van der Waals surface area contributed by atoms with Gasteiger partial charge in [0.25, 0.3) is 5.56 Å². The Hall–Kier alpha value is -3.08. The number of aryl methyl sites for hydroxylation is 2. The van der Waals surface area contributed by atoms with Crippen LogP contribution in [-0.4, -0.2) is 77.7 Å². The third kappa shape index (κ3) is 5.96. The number of aromatic nitrogens is 4. The molecule has 6 rings (SSSR count). The average Bonchev–Trinajstić information content (AvgIpc) is 3.63. The number of benzene rings is 3. The van der Waals surface area contributed by atoms with Crippen molar-refractivity contribution in [3.63, 3.8) is 0 Å². The molecule has 1 N–H and O–H groups in total. The van der Waals surface area contributed by atoms with Crippen molar-refractivity contribution in [2.24, 2.45) is 0 Å². The fraction of sp³-hybridized carbons (Fsp3) is 0.250. The summed E-state index contributed by atoms with van der Waals surface area (Å²) in [5.41, 5.74) is 7.21. The van der Waals surface area contributed by atoms with Crippen molar-refractivity contribution in [1.29, 1.82) is 0 Å². The summed E-state index contributed by atoms with van der Waals surface area (Å²) in [5.74, 6) is 1.45. The molecule has 203 valence electrons. The van der Waals surface area contributed by atoms with Crippen LogP contribution in [0.3, 0.4) is 0 Å². The number of hydrogen-bond donors (Lipinski definition) is 1. The molecular formula is C32H30KN4O4. The molecule has 3 heterocycles. The third-order valence-corrected chi connectivity index (χ3v) is 7.33. The molecule has 0 spiro atoms. The van der Waals surface area contributed by atoms with Gasteiger partial charge in [-0.1, -0.05) is 74.0 Å². The minimum Gasteiger partial charge on any atom is -0.493 e. The second-order valence-corrected chi connectivity index (χ2v) is 9.95. The molecule has 0 aliphatic carbocycles. The standard InChI is InChI=1S/C32H30N4O4.K/c1-3-7-27-26(31(37)36(29(4-2)33-27)23-14-15-28-22(19-23)16-17-39-28)18-20-10-12-21(13-11-20)24-8-5-6-9-25(24)30-34-32(38)40-35-30;/h5-6,8-15,19H,3-4,7,16-18H2,1-2H3,(H,34,35,38);. The van der Waals surface area contributed by atoms with E-state index in [1.807, 2.05) is 67.6 Å². The number of aromatic amines is 1. The molecule has 1 radical (unpaired) electrons. The summed E-state index contributed by atoms with van der Waals surface area (Å²) in [7, 11) is 0. The number of H-pyrrole nitrogens is 1. The minimum absolute atomic E-state index is 0. The second kappa shape index (κ2) is 12.8. The van der Waals surface area contributed by atoms with Crippen LogP contribution in [0.1, 0.15) is 48.5 Å². The Bertz CT molecular complexity index is 1800. The Morgan fingerprint density at radius 2 is 1.76 bits per heavy atom. The summed E-state index contributed by atoms with van der Waals surface area (Å²) < 4.78 is 12.2. The van der Waals surface area contributed by atoms with Gasteiger partial charge in [-0.25, -0.2) is 9.78 Å². The van der Waals surface area contributed by atoms with Crippen molar-refractivity contribution < 1.29 is 9.26 Å². The Balaban J connectivity index is 0.00000337. The number of nitrogens with one attached hydrogen (secondary N) is 1. The van der Waals surface area contributed by atoms with E-state index in [1.54, 1.807) is 4.57 Å². The van der Waals surface area contributed by atoms with Gasteiger partial charge in [0.15, 0.2) is 5.82 Å². The summed E-state index contributed by atoms with van der Waals surface area (Å²) in [6.45, 7) is 4.82. The Morgan fingerprint density at radius 1 is 0.976 bits per heavy atom. The number of fused-ring (bicyclic) bond motifs is 1. The van der Waals surface area contributed by atoms with E-state index in [4.69, 9.17) is 14.2 Å². The van der Waals surface area contributed by atoms with E-state index in [2.05, 4.69) is 23.1 Å².